The van der Waals surface area contributed by atoms with E-state index in [9.17, 15) is 0 Å². The van der Waals surface area contributed by atoms with Gasteiger partial charge in [-0.1, -0.05) is 6.42 Å². The highest BCUT2D eigenvalue weighted by atomic mass is 15.3. The number of nitrogens with zero attached hydrogens (tertiary/aromatic N) is 4. The summed E-state index contributed by atoms with van der Waals surface area (Å²) in [6.45, 7) is 3.86. The van der Waals surface area contributed by atoms with Crippen LogP contribution < -0.4 is 5.73 Å². The highest BCUT2D eigenvalue weighted by Gasteiger charge is 2.53. The minimum atomic E-state index is 0.264. The van der Waals surface area contributed by atoms with Gasteiger partial charge in [0.05, 0.1) is 6.54 Å². The molecule has 2 fully saturated rings. The van der Waals surface area contributed by atoms with E-state index in [2.05, 4.69) is 19.7 Å². The van der Waals surface area contributed by atoms with Crippen molar-refractivity contribution < 1.29 is 0 Å². The lowest BCUT2D eigenvalue weighted by Crippen LogP contribution is -2.58. The zero-order valence-corrected chi connectivity index (χ0v) is 10.8. The lowest BCUT2D eigenvalue weighted by atomic mass is 9.79. The third-order valence-electron chi connectivity index (χ3n) is 5.57. The van der Waals surface area contributed by atoms with E-state index in [-0.39, 0.29) is 5.54 Å². The molecule has 18 heavy (non-hydrogen) atoms. The summed E-state index contributed by atoms with van der Waals surface area (Å²) in [6.07, 6.45) is 7.37. The monoisotopic (exact) mass is 247 g/mol. The van der Waals surface area contributed by atoms with Gasteiger partial charge in [0.25, 0.3) is 0 Å². The molecule has 3 aliphatic rings. The van der Waals surface area contributed by atoms with E-state index < -0.39 is 0 Å². The van der Waals surface area contributed by atoms with Crippen molar-refractivity contribution >= 4 is 0 Å². The van der Waals surface area contributed by atoms with Crippen LogP contribution >= 0.6 is 0 Å². The Morgan fingerprint density at radius 1 is 1.39 bits per heavy atom. The van der Waals surface area contributed by atoms with Gasteiger partial charge >= 0.3 is 0 Å². The Morgan fingerprint density at radius 3 is 3.06 bits per heavy atom. The molecule has 1 aromatic heterocycles. The van der Waals surface area contributed by atoms with Crippen molar-refractivity contribution in [3.05, 3.63) is 12.2 Å². The lowest BCUT2D eigenvalue weighted by Gasteiger charge is -2.47. The van der Waals surface area contributed by atoms with E-state index in [1.54, 1.807) is 0 Å². The molecule has 0 aromatic carbocycles. The van der Waals surface area contributed by atoms with Crippen LogP contribution in [0.25, 0.3) is 0 Å². The van der Waals surface area contributed by atoms with Crippen LogP contribution in [0.3, 0.4) is 0 Å². The molecule has 2 bridgehead atoms. The second kappa shape index (κ2) is 3.78. The molecule has 0 spiro atoms. The molecule has 0 radical (unpaired) electrons. The van der Waals surface area contributed by atoms with Crippen molar-refractivity contribution in [2.75, 3.05) is 13.1 Å². The molecular weight excluding hydrogens is 226 g/mol. The van der Waals surface area contributed by atoms with Gasteiger partial charge in [0.2, 0.25) is 0 Å². The fourth-order valence-corrected chi connectivity index (χ4v) is 4.63. The van der Waals surface area contributed by atoms with Gasteiger partial charge in [-0.2, -0.15) is 0 Å². The molecular formula is C13H21N5. The van der Waals surface area contributed by atoms with Crippen molar-refractivity contribution in [1.29, 1.82) is 0 Å². The predicted molar refractivity (Wildman–Crippen MR) is 67.7 cm³/mol. The van der Waals surface area contributed by atoms with Crippen molar-refractivity contribution in [2.24, 2.45) is 17.6 Å². The predicted octanol–water partition coefficient (Wildman–Crippen LogP) is 0.611. The van der Waals surface area contributed by atoms with E-state index >= 15 is 0 Å². The van der Waals surface area contributed by atoms with Crippen molar-refractivity contribution in [3.8, 4) is 0 Å². The average molecular weight is 247 g/mol. The molecule has 4 rings (SSSR count). The summed E-state index contributed by atoms with van der Waals surface area (Å²) in [5.41, 5.74) is 6.46. The summed E-state index contributed by atoms with van der Waals surface area (Å²) in [4.78, 5) is 2.61. The SMILES string of the molecule is NCC1(N2CCn3cnnc3C2)CC2CCC1C2. The Balaban J connectivity index is 1.63. The number of hydrogen-bond acceptors (Lipinski definition) is 4. The molecule has 0 amide bonds. The molecule has 2 aliphatic carbocycles. The van der Waals surface area contributed by atoms with Gasteiger partial charge in [0.1, 0.15) is 12.2 Å². The van der Waals surface area contributed by atoms with Crippen LogP contribution in [-0.4, -0.2) is 38.3 Å². The smallest absolute Gasteiger partial charge is 0.147 e. The Labute approximate surface area is 107 Å². The maximum atomic E-state index is 6.20. The summed E-state index contributed by atoms with van der Waals surface area (Å²) in [7, 11) is 0. The first-order valence-electron chi connectivity index (χ1n) is 7.13. The van der Waals surface area contributed by atoms with Crippen LogP contribution in [0.5, 0.6) is 0 Å². The van der Waals surface area contributed by atoms with Crippen LogP contribution in [0.15, 0.2) is 6.33 Å². The Kier molecular flexibility index (Phi) is 2.29. The van der Waals surface area contributed by atoms with Crippen LogP contribution in [-0.2, 0) is 13.1 Å². The van der Waals surface area contributed by atoms with E-state index in [0.29, 0.717) is 0 Å². The summed E-state index contributed by atoms with van der Waals surface area (Å²) in [5.74, 6) is 2.86. The van der Waals surface area contributed by atoms with Crippen LogP contribution in [0.2, 0.25) is 0 Å². The molecule has 3 atom stereocenters. The number of hydrogen-bond donors (Lipinski definition) is 1. The third-order valence-corrected chi connectivity index (χ3v) is 5.57. The quantitative estimate of drug-likeness (QED) is 0.832. The Hall–Kier alpha value is -0.940. The molecule has 3 unspecified atom stereocenters. The molecule has 2 N–H and O–H groups in total. The van der Waals surface area contributed by atoms with E-state index in [1.165, 1.54) is 25.7 Å². The van der Waals surface area contributed by atoms with E-state index in [4.69, 9.17) is 5.73 Å². The summed E-state index contributed by atoms with van der Waals surface area (Å²) in [6, 6.07) is 0. The second-order valence-electron chi connectivity index (χ2n) is 6.25. The fraction of sp³-hybridized carbons (Fsp3) is 0.846. The molecule has 1 aliphatic heterocycles. The maximum Gasteiger partial charge on any atom is 0.147 e. The number of fused-ring (bicyclic) bond motifs is 3. The Bertz CT molecular complexity index is 456. The maximum absolute atomic E-state index is 6.20. The standard InChI is InChI=1S/C13H21N5/c14-8-13(6-10-1-2-11(13)5-10)18-4-3-17-9-15-16-12(17)7-18/h9-11H,1-8,14H2. The lowest BCUT2D eigenvalue weighted by molar-refractivity contribution is 0.0182. The molecule has 5 heteroatoms. The minimum Gasteiger partial charge on any atom is -0.329 e. The molecule has 98 valence electrons. The van der Waals surface area contributed by atoms with Crippen LogP contribution in [0, 0.1) is 11.8 Å². The molecule has 2 saturated carbocycles. The van der Waals surface area contributed by atoms with Gasteiger partial charge in [-0.25, -0.2) is 0 Å². The first-order valence-corrected chi connectivity index (χ1v) is 7.13. The summed E-state index contributed by atoms with van der Waals surface area (Å²) >= 11 is 0. The highest BCUT2D eigenvalue weighted by Crippen LogP contribution is 2.53. The van der Waals surface area contributed by atoms with Crippen LogP contribution in [0.1, 0.15) is 31.5 Å². The van der Waals surface area contributed by atoms with Crippen LogP contribution in [0.4, 0.5) is 0 Å². The molecule has 1 aromatic rings. The third kappa shape index (κ3) is 1.34. The first-order chi connectivity index (χ1) is 8.82. The fourth-order valence-electron chi connectivity index (χ4n) is 4.63. The number of nitrogens with two attached hydrogens (primary N) is 1. The molecule has 0 saturated heterocycles. The van der Waals surface area contributed by atoms with E-state index in [1.807, 2.05) is 6.33 Å². The van der Waals surface area contributed by atoms with Gasteiger partial charge in [-0.3, -0.25) is 4.90 Å². The largest absolute Gasteiger partial charge is 0.329 e. The van der Waals surface area contributed by atoms with Gasteiger partial charge in [0.15, 0.2) is 0 Å². The molecule has 5 nitrogen and oxygen atoms in total. The average Bonchev–Trinajstić information content (AvgIpc) is 3.12. The van der Waals surface area contributed by atoms with Gasteiger partial charge < -0.3 is 10.3 Å². The van der Waals surface area contributed by atoms with Gasteiger partial charge in [0, 0.05) is 25.2 Å². The van der Waals surface area contributed by atoms with Crippen molar-refractivity contribution in [2.45, 2.75) is 44.3 Å². The second-order valence-corrected chi connectivity index (χ2v) is 6.25. The highest BCUT2D eigenvalue weighted by molar-refractivity contribution is 5.10. The van der Waals surface area contributed by atoms with Crippen molar-refractivity contribution in [1.82, 2.24) is 19.7 Å². The van der Waals surface area contributed by atoms with Crippen molar-refractivity contribution in [3.63, 3.8) is 0 Å². The summed E-state index contributed by atoms with van der Waals surface area (Å²) in [5, 5.41) is 8.25. The zero-order valence-electron chi connectivity index (χ0n) is 10.8. The topological polar surface area (TPSA) is 60.0 Å². The zero-order chi connectivity index (χ0) is 12.2. The number of rotatable bonds is 2. The molecule has 2 heterocycles. The van der Waals surface area contributed by atoms with Gasteiger partial charge in [-0.05, 0) is 31.1 Å². The van der Waals surface area contributed by atoms with Gasteiger partial charge in [-0.15, -0.1) is 10.2 Å². The summed E-state index contributed by atoms with van der Waals surface area (Å²) < 4.78 is 2.17. The van der Waals surface area contributed by atoms with E-state index in [0.717, 1.165) is 43.8 Å². The number of aromatic nitrogens is 3. The normalized spacial score (nSPS) is 39.2. The first kappa shape index (κ1) is 10.9. The minimum absolute atomic E-state index is 0.264. The Morgan fingerprint density at radius 2 is 2.33 bits per heavy atom.